The van der Waals surface area contributed by atoms with Gasteiger partial charge >= 0.3 is 12.2 Å². The summed E-state index contributed by atoms with van der Waals surface area (Å²) in [7, 11) is 0. The minimum atomic E-state index is -4.50. The van der Waals surface area contributed by atoms with Gasteiger partial charge in [0.1, 0.15) is 5.75 Å². The summed E-state index contributed by atoms with van der Waals surface area (Å²) >= 11 is 1.04. The van der Waals surface area contributed by atoms with Crippen molar-refractivity contribution in [3.8, 4) is 11.6 Å². The van der Waals surface area contributed by atoms with Crippen molar-refractivity contribution in [1.82, 2.24) is 9.97 Å². The van der Waals surface area contributed by atoms with Gasteiger partial charge in [-0.1, -0.05) is 0 Å². The first-order valence-electron chi connectivity index (χ1n) is 9.68. The number of ether oxygens (including phenoxy) is 1. The third kappa shape index (κ3) is 4.64. The molecule has 10 heteroatoms. The van der Waals surface area contributed by atoms with Crippen molar-refractivity contribution in [1.29, 1.82) is 0 Å². The average Bonchev–Trinajstić information content (AvgIpc) is 3.18. The first kappa shape index (κ1) is 21.9. The van der Waals surface area contributed by atoms with Crippen molar-refractivity contribution in [3.05, 3.63) is 65.6 Å². The van der Waals surface area contributed by atoms with Gasteiger partial charge in [-0.15, -0.1) is 11.8 Å². The van der Waals surface area contributed by atoms with Crippen molar-refractivity contribution in [2.24, 2.45) is 0 Å². The zero-order valence-electron chi connectivity index (χ0n) is 17.2. The summed E-state index contributed by atoms with van der Waals surface area (Å²) in [5.74, 6) is 0.846. The van der Waals surface area contributed by atoms with E-state index in [1.54, 1.807) is 30.7 Å². The molecule has 0 bridgehead atoms. The lowest BCUT2D eigenvalue weighted by Crippen LogP contribution is -2.33. The summed E-state index contributed by atoms with van der Waals surface area (Å²) in [5, 5.41) is 2.68. The molecule has 1 aliphatic rings. The highest BCUT2D eigenvalue weighted by Crippen LogP contribution is 2.42. The van der Waals surface area contributed by atoms with Crippen molar-refractivity contribution < 1.29 is 22.7 Å². The number of rotatable bonds is 4. The van der Waals surface area contributed by atoms with Crippen molar-refractivity contribution in [2.75, 3.05) is 23.0 Å². The Balaban J connectivity index is 1.48. The summed E-state index contributed by atoms with van der Waals surface area (Å²) in [4.78, 5) is 22.5. The van der Waals surface area contributed by atoms with Gasteiger partial charge in [0.15, 0.2) is 0 Å². The van der Waals surface area contributed by atoms with Gasteiger partial charge in [0, 0.05) is 28.9 Å². The van der Waals surface area contributed by atoms with E-state index >= 15 is 0 Å². The van der Waals surface area contributed by atoms with Crippen LogP contribution >= 0.6 is 11.8 Å². The molecule has 32 heavy (non-hydrogen) atoms. The van der Waals surface area contributed by atoms with Gasteiger partial charge in [-0.25, -0.2) is 9.78 Å². The van der Waals surface area contributed by atoms with Crippen molar-refractivity contribution in [2.45, 2.75) is 24.4 Å². The minimum absolute atomic E-state index is 0.155. The van der Waals surface area contributed by atoms with E-state index in [0.29, 0.717) is 35.8 Å². The third-order valence-corrected chi connectivity index (χ3v) is 5.72. The van der Waals surface area contributed by atoms with E-state index < -0.39 is 17.8 Å². The summed E-state index contributed by atoms with van der Waals surface area (Å²) in [6, 6.07) is 8.82. The molecule has 1 aromatic carbocycles. The van der Waals surface area contributed by atoms with Crippen LogP contribution in [0, 0.1) is 6.92 Å². The van der Waals surface area contributed by atoms with Crippen LogP contribution < -0.4 is 15.0 Å². The average molecular weight is 460 g/mol. The summed E-state index contributed by atoms with van der Waals surface area (Å²) in [6.07, 6.45) is 0.597. The fourth-order valence-electron chi connectivity index (χ4n) is 3.36. The molecule has 0 fully saturated rings. The van der Waals surface area contributed by atoms with Crippen LogP contribution in [0.25, 0.3) is 0 Å². The predicted molar refractivity (Wildman–Crippen MR) is 117 cm³/mol. The molecule has 1 aliphatic heterocycles. The number of nitrogens with one attached hydrogen (secondary N) is 1. The highest BCUT2D eigenvalue weighted by Gasteiger charge is 2.36. The molecule has 0 radical (unpaired) electrons. The van der Waals surface area contributed by atoms with Gasteiger partial charge in [0.25, 0.3) is 0 Å². The second kappa shape index (κ2) is 8.70. The summed E-state index contributed by atoms with van der Waals surface area (Å²) in [6.45, 7) is 2.16. The number of alkyl halides is 3. The zero-order valence-corrected chi connectivity index (χ0v) is 18.0. The Bertz CT molecular complexity index is 1140. The van der Waals surface area contributed by atoms with Crippen LogP contribution in [0.1, 0.15) is 16.8 Å². The van der Waals surface area contributed by atoms with E-state index in [2.05, 4.69) is 15.3 Å². The van der Waals surface area contributed by atoms with Crippen molar-refractivity contribution in [3.63, 3.8) is 0 Å². The topological polar surface area (TPSA) is 67.4 Å². The van der Waals surface area contributed by atoms with Crippen LogP contribution in [0.15, 0.2) is 53.7 Å². The fourth-order valence-corrected chi connectivity index (χ4v) is 4.01. The van der Waals surface area contributed by atoms with Gasteiger partial charge in [-0.05, 0) is 55.5 Å². The van der Waals surface area contributed by atoms with Crippen LogP contribution in [0.2, 0.25) is 0 Å². The molecule has 4 rings (SSSR count). The molecule has 2 aromatic heterocycles. The Hall–Kier alpha value is -3.27. The normalized spacial score (nSPS) is 13.1. The van der Waals surface area contributed by atoms with E-state index in [4.69, 9.17) is 4.74 Å². The maximum Gasteiger partial charge on any atom is 0.417 e. The Morgan fingerprint density at radius 1 is 1.16 bits per heavy atom. The van der Waals surface area contributed by atoms with Crippen LogP contribution in [-0.2, 0) is 12.6 Å². The number of aromatic nitrogens is 2. The number of thioether (sulfide) groups is 1. The standard InChI is InChI=1S/C22H19F3N4O2S/c1-13-3-5-16(12-26-13)31-20-6-4-15(11-27-20)28-21(30)29-8-7-14-9-19(32-2)17(10-18(14)29)22(23,24)25/h3-6,9-12H,7-8H2,1-2H3,(H,28,30). The number of pyridine rings is 2. The zero-order chi connectivity index (χ0) is 22.9. The van der Waals surface area contributed by atoms with Crippen LogP contribution in [0.3, 0.4) is 0 Å². The van der Waals surface area contributed by atoms with Crippen molar-refractivity contribution >= 4 is 29.2 Å². The first-order valence-corrected chi connectivity index (χ1v) is 10.9. The summed E-state index contributed by atoms with van der Waals surface area (Å²) in [5.41, 5.74) is 1.50. The number of hydrogen-bond donors (Lipinski definition) is 1. The van der Waals surface area contributed by atoms with E-state index in [-0.39, 0.29) is 10.6 Å². The van der Waals surface area contributed by atoms with Gasteiger partial charge < -0.3 is 10.1 Å². The minimum Gasteiger partial charge on any atom is -0.437 e. The number of aryl methyl sites for hydroxylation is 1. The number of nitrogens with zero attached hydrogens (tertiary/aromatic N) is 3. The molecular weight excluding hydrogens is 441 g/mol. The number of hydrogen-bond acceptors (Lipinski definition) is 5. The maximum absolute atomic E-state index is 13.4. The monoisotopic (exact) mass is 460 g/mol. The second-order valence-electron chi connectivity index (χ2n) is 7.13. The van der Waals surface area contributed by atoms with Gasteiger partial charge in [0.05, 0.1) is 23.6 Å². The highest BCUT2D eigenvalue weighted by atomic mass is 32.2. The fraction of sp³-hybridized carbons (Fsp3) is 0.227. The lowest BCUT2D eigenvalue weighted by Gasteiger charge is -2.20. The lowest BCUT2D eigenvalue weighted by atomic mass is 10.1. The van der Waals surface area contributed by atoms with Gasteiger partial charge in [-0.3, -0.25) is 9.88 Å². The van der Waals surface area contributed by atoms with Crippen LogP contribution in [-0.4, -0.2) is 28.8 Å². The maximum atomic E-state index is 13.4. The molecule has 0 unspecified atom stereocenters. The van der Waals surface area contributed by atoms with Gasteiger partial charge in [0.2, 0.25) is 5.88 Å². The molecule has 0 saturated carbocycles. The molecule has 6 nitrogen and oxygen atoms in total. The molecule has 3 heterocycles. The molecule has 3 aromatic rings. The molecule has 1 N–H and O–H groups in total. The number of fused-ring (bicyclic) bond motifs is 1. The van der Waals surface area contributed by atoms with E-state index in [0.717, 1.165) is 23.5 Å². The number of urea groups is 1. The number of amides is 2. The van der Waals surface area contributed by atoms with E-state index in [1.165, 1.54) is 17.2 Å². The SMILES string of the molecule is CSc1cc2c(cc1C(F)(F)F)N(C(=O)Nc1ccc(Oc3ccc(C)nc3)nc1)CC2. The molecule has 2 amide bonds. The molecule has 0 aliphatic carbocycles. The largest absolute Gasteiger partial charge is 0.437 e. The Kier molecular flexibility index (Phi) is 5.96. The van der Waals surface area contributed by atoms with Crippen LogP contribution in [0.5, 0.6) is 11.6 Å². The number of benzene rings is 1. The Morgan fingerprint density at radius 3 is 2.59 bits per heavy atom. The molecule has 0 atom stereocenters. The Morgan fingerprint density at radius 2 is 1.97 bits per heavy atom. The molecular formula is C22H19F3N4O2S. The number of carbonyl (C=O) groups is 1. The molecule has 166 valence electrons. The Labute approximate surface area is 186 Å². The molecule has 0 spiro atoms. The third-order valence-electron chi connectivity index (χ3n) is 4.94. The smallest absolute Gasteiger partial charge is 0.417 e. The first-order chi connectivity index (χ1) is 15.2. The lowest BCUT2D eigenvalue weighted by molar-refractivity contribution is -0.139. The van der Waals surface area contributed by atoms with E-state index in [1.807, 2.05) is 13.0 Å². The number of carbonyl (C=O) groups excluding carboxylic acids is 1. The predicted octanol–water partition coefficient (Wildman–Crippen LogP) is 5.91. The number of anilines is 2. The quantitative estimate of drug-likeness (QED) is 0.490. The van der Waals surface area contributed by atoms with Gasteiger partial charge in [-0.2, -0.15) is 13.2 Å². The van der Waals surface area contributed by atoms with E-state index in [9.17, 15) is 18.0 Å². The summed E-state index contributed by atoms with van der Waals surface area (Å²) < 4.78 is 45.9. The number of halogens is 3. The molecule has 0 saturated heterocycles. The highest BCUT2D eigenvalue weighted by molar-refractivity contribution is 7.98. The van der Waals surface area contributed by atoms with Crippen LogP contribution in [0.4, 0.5) is 29.3 Å². The second-order valence-corrected chi connectivity index (χ2v) is 7.98.